The molecule has 0 fully saturated rings. The van der Waals surface area contributed by atoms with Gasteiger partial charge < -0.3 is 15.7 Å². The highest BCUT2D eigenvalue weighted by atomic mass is 16.3. The smallest absolute Gasteiger partial charge is 0.319 e. The number of benzene rings is 1. The van der Waals surface area contributed by atoms with Crippen molar-refractivity contribution in [3.05, 3.63) is 29.3 Å². The van der Waals surface area contributed by atoms with Gasteiger partial charge >= 0.3 is 6.03 Å². The van der Waals surface area contributed by atoms with Crippen molar-refractivity contribution in [3.63, 3.8) is 0 Å². The lowest BCUT2D eigenvalue weighted by Gasteiger charge is -2.20. The van der Waals surface area contributed by atoms with E-state index in [1.165, 1.54) is 0 Å². The van der Waals surface area contributed by atoms with Crippen LogP contribution in [0.2, 0.25) is 0 Å². The molecule has 0 aliphatic heterocycles. The van der Waals surface area contributed by atoms with Gasteiger partial charge in [-0.1, -0.05) is 59.7 Å². The van der Waals surface area contributed by atoms with E-state index in [0.29, 0.717) is 24.8 Å². The monoisotopic (exact) mass is 320 g/mol. The number of aliphatic hydroxyl groups excluding tert-OH is 1. The molecule has 2 amide bonds. The van der Waals surface area contributed by atoms with Gasteiger partial charge in [-0.3, -0.25) is 0 Å². The highest BCUT2D eigenvalue weighted by molar-refractivity contribution is 5.91. The largest absolute Gasteiger partial charge is 0.393 e. The van der Waals surface area contributed by atoms with Crippen LogP contribution < -0.4 is 10.6 Å². The lowest BCUT2D eigenvalue weighted by atomic mass is 9.93. The molecule has 0 heterocycles. The van der Waals surface area contributed by atoms with E-state index in [-0.39, 0.29) is 18.1 Å². The first-order valence-electron chi connectivity index (χ1n) is 8.59. The lowest BCUT2D eigenvalue weighted by Crippen LogP contribution is -2.33. The van der Waals surface area contributed by atoms with E-state index in [2.05, 4.69) is 50.5 Å². The number of amides is 2. The maximum atomic E-state index is 12.2. The van der Waals surface area contributed by atoms with Crippen LogP contribution in [0.5, 0.6) is 0 Å². The van der Waals surface area contributed by atoms with E-state index >= 15 is 0 Å². The van der Waals surface area contributed by atoms with Crippen LogP contribution in [0.1, 0.15) is 70.9 Å². The molecule has 0 spiro atoms. The van der Waals surface area contributed by atoms with Gasteiger partial charge in [-0.15, -0.1) is 0 Å². The zero-order valence-corrected chi connectivity index (χ0v) is 15.3. The number of urea groups is 1. The molecule has 23 heavy (non-hydrogen) atoms. The number of nitrogens with one attached hydrogen (secondary N) is 2. The molecular weight excluding hydrogens is 288 g/mol. The maximum Gasteiger partial charge on any atom is 0.319 e. The molecule has 3 N–H and O–H groups in total. The second-order valence-corrected chi connectivity index (χ2v) is 7.10. The average Bonchev–Trinajstić information content (AvgIpc) is 2.46. The molecule has 0 saturated heterocycles. The van der Waals surface area contributed by atoms with E-state index in [4.69, 9.17) is 0 Å². The fourth-order valence-corrected chi connectivity index (χ4v) is 2.52. The Morgan fingerprint density at radius 2 is 1.57 bits per heavy atom. The molecule has 130 valence electrons. The van der Waals surface area contributed by atoms with Gasteiger partial charge in [-0.2, -0.15) is 0 Å². The fourth-order valence-electron chi connectivity index (χ4n) is 2.52. The van der Waals surface area contributed by atoms with Gasteiger partial charge in [0.25, 0.3) is 0 Å². The molecule has 1 rings (SSSR count). The molecule has 0 aliphatic rings. The molecule has 4 heteroatoms. The summed E-state index contributed by atoms with van der Waals surface area (Å²) < 4.78 is 0. The van der Waals surface area contributed by atoms with Crippen molar-refractivity contribution >= 4 is 11.7 Å². The molecular formula is C19H32N2O2. The van der Waals surface area contributed by atoms with Crippen molar-refractivity contribution in [3.8, 4) is 0 Å². The second kappa shape index (κ2) is 8.92. The number of rotatable bonds is 7. The first kappa shape index (κ1) is 19.5. The van der Waals surface area contributed by atoms with Crippen molar-refractivity contribution in [2.45, 2.75) is 65.9 Å². The van der Waals surface area contributed by atoms with E-state index in [9.17, 15) is 9.90 Å². The fraction of sp³-hybridized carbons (Fsp3) is 0.632. The van der Waals surface area contributed by atoms with Crippen molar-refractivity contribution < 1.29 is 9.90 Å². The molecule has 1 aromatic carbocycles. The van der Waals surface area contributed by atoms with Gasteiger partial charge in [0.2, 0.25) is 0 Å². The summed E-state index contributed by atoms with van der Waals surface area (Å²) in [6, 6.07) is 5.96. The predicted molar refractivity (Wildman–Crippen MR) is 97.1 cm³/mol. The Labute approximate surface area is 140 Å². The Bertz CT molecular complexity index is 484. The first-order chi connectivity index (χ1) is 10.7. The van der Waals surface area contributed by atoms with Gasteiger partial charge in [-0.05, 0) is 35.3 Å². The van der Waals surface area contributed by atoms with Gasteiger partial charge in [0.15, 0.2) is 0 Å². The number of aliphatic hydroxyl groups is 1. The van der Waals surface area contributed by atoms with Crippen LogP contribution in [0, 0.1) is 5.92 Å². The van der Waals surface area contributed by atoms with Crippen LogP contribution in [0.4, 0.5) is 10.5 Å². The molecule has 0 saturated carbocycles. The van der Waals surface area contributed by atoms with Crippen LogP contribution in [0.25, 0.3) is 0 Å². The van der Waals surface area contributed by atoms with Crippen molar-refractivity contribution in [1.82, 2.24) is 5.32 Å². The summed E-state index contributed by atoms with van der Waals surface area (Å²) >= 11 is 0. The summed E-state index contributed by atoms with van der Waals surface area (Å²) in [6.45, 7) is 12.9. The summed E-state index contributed by atoms with van der Waals surface area (Å²) in [4.78, 5) is 12.2. The normalized spacial score (nSPS) is 12.8. The van der Waals surface area contributed by atoms with Crippen LogP contribution in [0.15, 0.2) is 18.2 Å². The summed E-state index contributed by atoms with van der Waals surface area (Å²) in [6.07, 6.45) is 0.179. The topological polar surface area (TPSA) is 61.4 Å². The minimum Gasteiger partial charge on any atom is -0.393 e. The summed E-state index contributed by atoms with van der Waals surface area (Å²) in [7, 11) is 0. The van der Waals surface area contributed by atoms with Crippen molar-refractivity contribution in [2.75, 3.05) is 11.9 Å². The SMILES string of the molecule is CC(C)c1cccc(C(C)C)c1NC(=O)NCCC(O)C(C)C. The van der Waals surface area contributed by atoms with E-state index in [1.807, 2.05) is 19.9 Å². The van der Waals surface area contributed by atoms with Gasteiger partial charge in [0.05, 0.1) is 6.10 Å². The molecule has 0 radical (unpaired) electrons. The molecule has 0 aromatic heterocycles. The third-order valence-corrected chi connectivity index (χ3v) is 4.11. The number of anilines is 1. The van der Waals surface area contributed by atoms with Crippen molar-refractivity contribution in [2.24, 2.45) is 5.92 Å². The predicted octanol–water partition coefficient (Wildman–Crippen LogP) is 4.46. The highest BCUT2D eigenvalue weighted by Crippen LogP contribution is 2.32. The standard InChI is InChI=1S/C19H32N2O2/c1-12(2)15-8-7-9-16(13(3)4)18(15)21-19(23)20-11-10-17(22)14(5)6/h7-9,12-14,17,22H,10-11H2,1-6H3,(H2,20,21,23). The van der Waals surface area contributed by atoms with Gasteiger partial charge in [0.1, 0.15) is 0 Å². The summed E-state index contributed by atoms with van der Waals surface area (Å²) in [5, 5.41) is 15.6. The Morgan fingerprint density at radius 1 is 1.04 bits per heavy atom. The average molecular weight is 320 g/mol. The Balaban J connectivity index is 2.77. The summed E-state index contributed by atoms with van der Waals surface area (Å²) in [5.41, 5.74) is 3.21. The van der Waals surface area contributed by atoms with Crippen molar-refractivity contribution in [1.29, 1.82) is 0 Å². The third kappa shape index (κ3) is 5.87. The number of hydrogen-bond acceptors (Lipinski definition) is 2. The van der Waals surface area contributed by atoms with Crippen LogP contribution >= 0.6 is 0 Å². The zero-order valence-electron chi connectivity index (χ0n) is 15.3. The van der Waals surface area contributed by atoms with E-state index in [0.717, 1.165) is 16.8 Å². The number of carbonyl (C=O) groups excluding carboxylic acids is 1. The molecule has 0 aliphatic carbocycles. The Morgan fingerprint density at radius 3 is 2.00 bits per heavy atom. The maximum absolute atomic E-state index is 12.2. The van der Waals surface area contributed by atoms with Gasteiger partial charge in [-0.25, -0.2) is 4.79 Å². The molecule has 4 nitrogen and oxygen atoms in total. The lowest BCUT2D eigenvalue weighted by molar-refractivity contribution is 0.117. The quantitative estimate of drug-likeness (QED) is 0.694. The molecule has 1 aromatic rings. The third-order valence-electron chi connectivity index (χ3n) is 4.11. The minimum absolute atomic E-state index is 0.203. The van der Waals surface area contributed by atoms with Crippen LogP contribution in [0.3, 0.4) is 0 Å². The minimum atomic E-state index is -0.385. The molecule has 1 atom stereocenters. The number of carbonyl (C=O) groups is 1. The van der Waals surface area contributed by atoms with Gasteiger partial charge in [0, 0.05) is 12.2 Å². The Kier molecular flexibility index (Phi) is 7.56. The van der Waals surface area contributed by atoms with E-state index < -0.39 is 0 Å². The molecule has 1 unspecified atom stereocenters. The van der Waals surface area contributed by atoms with Crippen LogP contribution in [-0.2, 0) is 0 Å². The molecule has 0 bridgehead atoms. The second-order valence-electron chi connectivity index (χ2n) is 7.10. The van der Waals surface area contributed by atoms with E-state index in [1.54, 1.807) is 0 Å². The Hall–Kier alpha value is -1.55. The number of hydrogen-bond donors (Lipinski definition) is 3. The highest BCUT2D eigenvalue weighted by Gasteiger charge is 2.16. The zero-order chi connectivity index (χ0) is 17.6. The summed E-state index contributed by atoms with van der Waals surface area (Å²) in [5.74, 6) is 0.882. The number of para-hydroxylation sites is 1. The first-order valence-corrected chi connectivity index (χ1v) is 8.59. The van der Waals surface area contributed by atoms with Crippen LogP contribution in [-0.4, -0.2) is 23.8 Å².